The largest absolute Gasteiger partial charge is 0.313 e. The maximum Gasteiger partial charge on any atom is 0.0714 e. The zero-order valence-corrected chi connectivity index (χ0v) is 36.1. The molecule has 12 rings (SSSR count). The minimum absolute atomic E-state index is 0.555. The van der Waals surface area contributed by atoms with Gasteiger partial charge in [-0.25, -0.2) is 0 Å². The van der Waals surface area contributed by atoms with E-state index in [1.807, 2.05) is 6.08 Å². The molecule has 2 heterocycles. The summed E-state index contributed by atoms with van der Waals surface area (Å²) >= 11 is 0. The molecule has 0 bridgehead atoms. The number of nitrogens with zero attached hydrogens (tertiary/aromatic N) is 3. The summed E-state index contributed by atoms with van der Waals surface area (Å²) in [6.07, 6.45) is 4.36. The van der Waals surface area contributed by atoms with E-state index in [0.717, 1.165) is 45.2 Å². The van der Waals surface area contributed by atoms with Gasteiger partial charge >= 0.3 is 0 Å². The number of rotatable bonds is 9. The van der Waals surface area contributed by atoms with E-state index in [9.17, 15) is 0 Å². The van der Waals surface area contributed by atoms with Crippen LogP contribution >= 0.6 is 0 Å². The Morgan fingerprint density at radius 3 is 1.60 bits per heavy atom. The molecule has 9 aromatic carbocycles. The van der Waals surface area contributed by atoms with Gasteiger partial charge in [-0.05, 0) is 119 Å². The lowest BCUT2D eigenvalue weighted by atomic mass is 9.67. The molecule has 0 amide bonds. The van der Waals surface area contributed by atoms with Gasteiger partial charge in [0.1, 0.15) is 0 Å². The van der Waals surface area contributed by atoms with E-state index in [1.54, 1.807) is 0 Å². The maximum absolute atomic E-state index is 4.57. The number of anilines is 2. The van der Waals surface area contributed by atoms with Gasteiger partial charge in [0.2, 0.25) is 0 Å². The first-order valence-corrected chi connectivity index (χ1v) is 22.4. The van der Waals surface area contributed by atoms with Crippen LogP contribution in [0.3, 0.4) is 0 Å². The van der Waals surface area contributed by atoms with E-state index in [4.69, 9.17) is 0 Å². The summed E-state index contributed by atoms with van der Waals surface area (Å²) in [4.78, 5) is 2.42. The fraction of sp³-hybridized carbons (Fsp3) is 0.0323. The third-order valence-corrected chi connectivity index (χ3v) is 13.6. The highest BCUT2D eigenvalue weighted by Crippen LogP contribution is 2.57. The Bertz CT molecular complexity index is 3570. The van der Waals surface area contributed by atoms with Crippen molar-refractivity contribution in [3.05, 3.63) is 282 Å². The van der Waals surface area contributed by atoms with E-state index in [1.165, 1.54) is 60.6 Å². The lowest BCUT2D eigenvalue weighted by molar-refractivity contribution is 0.768. The first-order valence-electron chi connectivity index (χ1n) is 22.4. The molecule has 0 atom stereocenters. The van der Waals surface area contributed by atoms with E-state index in [2.05, 4.69) is 264 Å². The second-order valence-corrected chi connectivity index (χ2v) is 16.9. The molecule has 0 unspecified atom stereocenters. The van der Waals surface area contributed by atoms with E-state index in [-0.39, 0.29) is 0 Å². The molecule has 0 radical (unpaired) electrons. The molecule has 3 nitrogen and oxygen atoms in total. The number of para-hydroxylation sites is 4. The third kappa shape index (κ3) is 5.90. The van der Waals surface area contributed by atoms with Gasteiger partial charge in [-0.1, -0.05) is 170 Å². The Morgan fingerprint density at radius 2 is 0.938 bits per heavy atom. The molecular weight excluding hydrogens is 787 g/mol. The summed E-state index contributed by atoms with van der Waals surface area (Å²) in [7, 11) is 0. The predicted molar refractivity (Wildman–Crippen MR) is 273 cm³/mol. The van der Waals surface area contributed by atoms with Crippen molar-refractivity contribution in [2.24, 2.45) is 0 Å². The Kier molecular flexibility index (Phi) is 9.10. The van der Waals surface area contributed by atoms with E-state index < -0.39 is 5.41 Å². The van der Waals surface area contributed by atoms with Gasteiger partial charge in [0.15, 0.2) is 0 Å². The average Bonchev–Trinajstić information content (AvgIpc) is 3.97. The molecule has 11 aromatic rings. The third-order valence-electron chi connectivity index (χ3n) is 13.6. The quantitative estimate of drug-likeness (QED) is 0.132. The summed E-state index contributed by atoms with van der Waals surface area (Å²) in [5.41, 5.74) is 18.1. The molecule has 0 fully saturated rings. The highest BCUT2D eigenvalue weighted by Gasteiger charge is 2.46. The number of hydrogen-bond donors (Lipinski definition) is 0. The number of allylic oxidation sites excluding steroid dienone is 1. The predicted octanol–water partition coefficient (Wildman–Crippen LogP) is 15.8. The molecule has 65 heavy (non-hydrogen) atoms. The molecule has 0 spiro atoms. The monoisotopic (exact) mass is 831 g/mol. The lowest BCUT2D eigenvalue weighted by Crippen LogP contribution is -2.28. The van der Waals surface area contributed by atoms with Gasteiger partial charge < -0.3 is 14.0 Å². The van der Waals surface area contributed by atoms with Gasteiger partial charge in [0.25, 0.3) is 0 Å². The van der Waals surface area contributed by atoms with Crippen LogP contribution in [0.2, 0.25) is 0 Å². The summed E-state index contributed by atoms with van der Waals surface area (Å²) in [5.74, 6) is 0. The van der Waals surface area contributed by atoms with E-state index >= 15 is 0 Å². The van der Waals surface area contributed by atoms with Gasteiger partial charge in [-0.15, -0.1) is 0 Å². The van der Waals surface area contributed by atoms with Crippen molar-refractivity contribution in [3.8, 4) is 22.5 Å². The summed E-state index contributed by atoms with van der Waals surface area (Å²) in [6, 6.07) is 83.9. The second-order valence-electron chi connectivity index (χ2n) is 16.9. The van der Waals surface area contributed by atoms with Gasteiger partial charge in [-0.3, -0.25) is 0 Å². The molecule has 2 aromatic heterocycles. The van der Waals surface area contributed by atoms with Crippen molar-refractivity contribution >= 4 is 50.2 Å². The van der Waals surface area contributed by atoms with Crippen LogP contribution in [0.15, 0.2) is 249 Å². The average molecular weight is 832 g/mol. The second kappa shape index (κ2) is 15.4. The lowest BCUT2D eigenvalue weighted by Gasteiger charge is -2.35. The van der Waals surface area contributed by atoms with Crippen molar-refractivity contribution in [2.45, 2.75) is 12.3 Å². The molecule has 1 aliphatic carbocycles. The highest BCUT2D eigenvalue weighted by atomic mass is 15.1. The number of aromatic nitrogens is 2. The first-order chi connectivity index (χ1) is 32.1. The summed E-state index contributed by atoms with van der Waals surface area (Å²) < 4.78 is 4.75. The van der Waals surface area contributed by atoms with E-state index in [0.29, 0.717) is 0 Å². The smallest absolute Gasteiger partial charge is 0.0714 e. The first kappa shape index (κ1) is 38.3. The van der Waals surface area contributed by atoms with Crippen LogP contribution in [0.4, 0.5) is 11.4 Å². The van der Waals surface area contributed by atoms with Crippen molar-refractivity contribution < 1.29 is 0 Å². The molecule has 1 aliphatic rings. The summed E-state index contributed by atoms with van der Waals surface area (Å²) in [6.45, 7) is 6.80. The van der Waals surface area contributed by atoms with Crippen LogP contribution in [0.5, 0.6) is 0 Å². The number of benzene rings is 9. The minimum atomic E-state index is -0.555. The summed E-state index contributed by atoms with van der Waals surface area (Å²) in [5, 5.41) is 3.57. The van der Waals surface area contributed by atoms with Crippen molar-refractivity contribution in [1.29, 1.82) is 0 Å². The number of fused-ring (bicyclic) bond motifs is 7. The number of hydrogen-bond acceptors (Lipinski definition) is 1. The minimum Gasteiger partial charge on any atom is -0.313 e. The molecule has 0 saturated heterocycles. The van der Waals surface area contributed by atoms with Gasteiger partial charge in [0.05, 0.1) is 22.0 Å². The van der Waals surface area contributed by atoms with Crippen LogP contribution in [0.1, 0.15) is 33.5 Å². The standard InChI is InChI=1S/C62H45N3/c1-3-46(40-55-43(2)63(47-26-12-6-13-27-47)59-34-20-17-31-53(55)59)64(49-37-39-61-56(41-49)54-32-18-21-35-60(54)65(61)48-28-14-7-15-29-48)50-36-38-52-51-30-16-19-33-57(51)62(58(52)42-50,44-22-8-4-9-23-44)45-24-10-5-11-25-45/h3-42H,1H2,2H3/b46-40+. The molecule has 0 aliphatic heterocycles. The van der Waals surface area contributed by atoms with Crippen LogP contribution < -0.4 is 4.90 Å². The Morgan fingerprint density at radius 1 is 0.446 bits per heavy atom. The Balaban J connectivity index is 1.15. The van der Waals surface area contributed by atoms with Crippen LogP contribution in [-0.4, -0.2) is 9.13 Å². The zero-order chi connectivity index (χ0) is 43.5. The zero-order valence-electron chi connectivity index (χ0n) is 36.1. The maximum atomic E-state index is 4.57. The molecular formula is C62H45N3. The normalized spacial score (nSPS) is 13.0. The Labute approximate surface area is 379 Å². The van der Waals surface area contributed by atoms with Crippen LogP contribution in [0.25, 0.3) is 61.3 Å². The Hall–Kier alpha value is -8.40. The fourth-order valence-corrected chi connectivity index (χ4v) is 10.8. The molecule has 0 saturated carbocycles. The molecule has 308 valence electrons. The SMILES string of the molecule is C=C/C(=C\c1c(C)n(-c2ccccc2)c2ccccc12)N(c1ccc2c(c1)C(c1ccccc1)(c1ccccc1)c1ccccc1-2)c1ccc2c(c1)c1ccccc1n2-c1ccccc1. The van der Waals surface area contributed by atoms with Gasteiger partial charge in [-0.2, -0.15) is 0 Å². The van der Waals surface area contributed by atoms with Crippen LogP contribution in [0, 0.1) is 6.92 Å². The van der Waals surface area contributed by atoms with Crippen molar-refractivity contribution in [3.63, 3.8) is 0 Å². The highest BCUT2D eigenvalue weighted by molar-refractivity contribution is 6.10. The fourth-order valence-electron chi connectivity index (χ4n) is 10.8. The molecule has 3 heteroatoms. The van der Waals surface area contributed by atoms with Crippen molar-refractivity contribution in [1.82, 2.24) is 9.13 Å². The van der Waals surface area contributed by atoms with Crippen LogP contribution in [-0.2, 0) is 5.41 Å². The van der Waals surface area contributed by atoms with Crippen molar-refractivity contribution in [2.75, 3.05) is 4.90 Å². The topological polar surface area (TPSA) is 13.1 Å². The van der Waals surface area contributed by atoms with Gasteiger partial charge in [0, 0.05) is 55.9 Å². The molecule has 0 N–H and O–H groups in total.